The van der Waals surface area contributed by atoms with Gasteiger partial charge in [-0.1, -0.05) is 6.07 Å². The van der Waals surface area contributed by atoms with Crippen molar-refractivity contribution in [3.8, 4) is 22.6 Å². The topological polar surface area (TPSA) is 80.5 Å². The predicted molar refractivity (Wildman–Crippen MR) is 115 cm³/mol. The van der Waals surface area contributed by atoms with Crippen LogP contribution in [0.2, 0.25) is 0 Å². The molecule has 1 aliphatic carbocycles. The van der Waals surface area contributed by atoms with E-state index < -0.39 is 11.5 Å². The fourth-order valence-electron chi connectivity index (χ4n) is 3.92. The van der Waals surface area contributed by atoms with E-state index in [1.165, 1.54) is 10.5 Å². The van der Waals surface area contributed by atoms with Crippen LogP contribution in [0.25, 0.3) is 16.8 Å². The summed E-state index contributed by atoms with van der Waals surface area (Å²) in [6.07, 6.45) is 4.15. The summed E-state index contributed by atoms with van der Waals surface area (Å²) in [4.78, 5) is 16.9. The largest absolute Gasteiger partial charge is 0.497 e. The van der Waals surface area contributed by atoms with E-state index in [4.69, 9.17) is 21.4 Å². The van der Waals surface area contributed by atoms with Gasteiger partial charge < -0.3 is 14.7 Å². The molecule has 2 aromatic heterocycles. The molecule has 7 nitrogen and oxygen atoms in total. The van der Waals surface area contributed by atoms with Gasteiger partial charge in [-0.15, -0.1) is 11.6 Å². The van der Waals surface area contributed by atoms with Crippen LogP contribution < -0.4 is 4.74 Å². The van der Waals surface area contributed by atoms with Gasteiger partial charge in [-0.3, -0.25) is 4.98 Å². The molecular weight excluding hydrogens is 404 g/mol. The number of aryl methyl sites for hydroxylation is 1. The van der Waals surface area contributed by atoms with E-state index in [9.17, 15) is 9.90 Å². The highest BCUT2D eigenvalue weighted by atomic mass is 35.5. The van der Waals surface area contributed by atoms with E-state index in [1.807, 2.05) is 28.9 Å². The van der Waals surface area contributed by atoms with Gasteiger partial charge in [0.1, 0.15) is 5.75 Å². The van der Waals surface area contributed by atoms with Crippen molar-refractivity contribution in [2.75, 3.05) is 20.2 Å². The Morgan fingerprint density at radius 3 is 2.73 bits per heavy atom. The summed E-state index contributed by atoms with van der Waals surface area (Å²) in [5.41, 5.74) is 5.84. The maximum absolute atomic E-state index is 11.5. The number of aromatic nitrogens is 3. The van der Waals surface area contributed by atoms with E-state index in [2.05, 4.69) is 11.1 Å². The molecule has 3 aromatic rings. The maximum Gasteiger partial charge on any atom is 0.407 e. The molecule has 0 aliphatic heterocycles. The normalized spacial score (nSPS) is 13.3. The van der Waals surface area contributed by atoms with Crippen molar-refractivity contribution < 1.29 is 14.6 Å². The number of hydrogen-bond donors (Lipinski definition) is 1. The first-order valence-corrected chi connectivity index (χ1v) is 10.3. The molecule has 0 saturated heterocycles. The van der Waals surface area contributed by atoms with E-state index >= 15 is 0 Å². The van der Waals surface area contributed by atoms with Crippen LogP contribution in [0, 0.1) is 0 Å². The number of carboxylic acid groups (broad SMARTS) is 1. The number of halogens is 1. The Morgan fingerprint density at radius 1 is 1.30 bits per heavy atom. The van der Waals surface area contributed by atoms with Crippen molar-refractivity contribution in [1.29, 1.82) is 0 Å². The van der Waals surface area contributed by atoms with Gasteiger partial charge in [0, 0.05) is 31.0 Å². The third-order valence-electron chi connectivity index (χ3n) is 5.46. The van der Waals surface area contributed by atoms with E-state index in [0.717, 1.165) is 41.1 Å². The summed E-state index contributed by atoms with van der Waals surface area (Å²) in [7, 11) is 1.64. The van der Waals surface area contributed by atoms with Gasteiger partial charge >= 0.3 is 6.09 Å². The zero-order valence-corrected chi connectivity index (χ0v) is 17.6. The van der Waals surface area contributed by atoms with Crippen molar-refractivity contribution in [2.45, 2.75) is 25.1 Å². The molecule has 1 N–H and O–H groups in total. The molecule has 1 amide bonds. The van der Waals surface area contributed by atoms with Crippen LogP contribution in [0.1, 0.15) is 29.3 Å². The average Bonchev–Trinajstić information content (AvgIpc) is 3.17. The van der Waals surface area contributed by atoms with E-state index in [-0.39, 0.29) is 6.54 Å². The number of nitrogens with zero attached hydrogens (tertiary/aromatic N) is 4. The third kappa shape index (κ3) is 3.61. The zero-order valence-electron chi connectivity index (χ0n) is 16.9. The zero-order chi connectivity index (χ0) is 21.3. The molecule has 0 saturated carbocycles. The Morgan fingerprint density at radius 2 is 2.07 bits per heavy atom. The standard InChI is InChI=1S/C22H23ClN4O3/c1-3-26(22(28)29)13-18(23)21-20-17-12-16(30-2)6-4-14(17)5-7-19(20)27(25-21)15-8-10-24-11-9-15/h4,6,8-12,18H,3,5,7,13H2,1-2H3,(H,28,29). The Bertz CT molecular complexity index is 1070. The molecular formula is C22H23ClN4O3. The lowest BCUT2D eigenvalue weighted by molar-refractivity contribution is 0.147. The van der Waals surface area contributed by atoms with Crippen LogP contribution in [-0.2, 0) is 12.8 Å². The minimum absolute atomic E-state index is 0.159. The van der Waals surface area contributed by atoms with Crippen molar-refractivity contribution in [2.24, 2.45) is 0 Å². The number of benzene rings is 1. The minimum Gasteiger partial charge on any atom is -0.497 e. The highest BCUT2D eigenvalue weighted by Gasteiger charge is 2.30. The predicted octanol–water partition coefficient (Wildman–Crippen LogP) is 4.32. The second-order valence-electron chi connectivity index (χ2n) is 7.14. The fourth-order valence-corrected chi connectivity index (χ4v) is 4.24. The number of methoxy groups -OCH3 is 1. The van der Waals surface area contributed by atoms with E-state index in [1.54, 1.807) is 26.4 Å². The monoisotopic (exact) mass is 426 g/mol. The molecule has 156 valence electrons. The number of pyridine rings is 1. The third-order valence-corrected chi connectivity index (χ3v) is 5.81. The molecule has 2 heterocycles. The van der Waals surface area contributed by atoms with Crippen LogP contribution >= 0.6 is 11.6 Å². The molecule has 0 fully saturated rings. The SMILES string of the molecule is CCN(CC(Cl)c1nn(-c2ccncc2)c2c1-c1cc(OC)ccc1CC2)C(=O)O. The van der Waals surface area contributed by atoms with Crippen LogP contribution in [0.3, 0.4) is 0 Å². The molecule has 0 bridgehead atoms. The summed E-state index contributed by atoms with van der Waals surface area (Å²) >= 11 is 6.78. The number of amides is 1. The minimum atomic E-state index is -0.993. The molecule has 1 aliphatic rings. The summed E-state index contributed by atoms with van der Waals surface area (Å²) in [6.45, 7) is 2.31. The maximum atomic E-state index is 11.5. The van der Waals surface area contributed by atoms with Crippen molar-refractivity contribution in [1.82, 2.24) is 19.7 Å². The van der Waals surface area contributed by atoms with Crippen molar-refractivity contribution in [3.63, 3.8) is 0 Å². The van der Waals surface area contributed by atoms with Gasteiger partial charge in [0.25, 0.3) is 0 Å². The number of fused-ring (bicyclic) bond motifs is 3. The second-order valence-corrected chi connectivity index (χ2v) is 7.66. The van der Waals surface area contributed by atoms with Gasteiger partial charge in [0.15, 0.2) is 0 Å². The first-order chi connectivity index (χ1) is 14.5. The molecule has 8 heteroatoms. The molecule has 1 atom stereocenters. The van der Waals surface area contributed by atoms with Gasteiger partial charge in [0.2, 0.25) is 0 Å². The number of rotatable bonds is 6. The summed E-state index contributed by atoms with van der Waals surface area (Å²) in [5.74, 6) is 0.760. The summed E-state index contributed by atoms with van der Waals surface area (Å²) in [5, 5.41) is 13.7. The lowest BCUT2D eigenvalue weighted by Crippen LogP contribution is -2.32. The number of alkyl halides is 1. The number of carbonyl (C=O) groups is 1. The smallest absolute Gasteiger partial charge is 0.407 e. The molecule has 0 spiro atoms. The summed E-state index contributed by atoms with van der Waals surface area (Å²) in [6, 6.07) is 9.84. The fraction of sp³-hybridized carbons (Fsp3) is 0.318. The van der Waals surface area contributed by atoms with Crippen molar-refractivity contribution >= 4 is 17.7 Å². The molecule has 1 unspecified atom stereocenters. The first-order valence-electron chi connectivity index (χ1n) is 9.84. The lowest BCUT2D eigenvalue weighted by atomic mass is 9.87. The highest BCUT2D eigenvalue weighted by molar-refractivity contribution is 6.21. The van der Waals surface area contributed by atoms with Crippen LogP contribution in [0.15, 0.2) is 42.7 Å². The average molecular weight is 427 g/mol. The van der Waals surface area contributed by atoms with Crippen molar-refractivity contribution in [3.05, 3.63) is 59.7 Å². The summed E-state index contributed by atoms with van der Waals surface area (Å²) < 4.78 is 7.35. The number of likely N-dealkylation sites (N-methyl/N-ethyl adjacent to an activating group) is 1. The Kier molecular flexibility index (Phi) is 5.63. The Balaban J connectivity index is 1.88. The number of ether oxygens (including phenoxy) is 1. The first kappa shape index (κ1) is 20.2. The number of hydrogen-bond acceptors (Lipinski definition) is 4. The lowest BCUT2D eigenvalue weighted by Gasteiger charge is -2.22. The van der Waals surface area contributed by atoms with E-state index in [0.29, 0.717) is 12.2 Å². The molecule has 30 heavy (non-hydrogen) atoms. The highest BCUT2D eigenvalue weighted by Crippen LogP contribution is 2.42. The van der Waals surface area contributed by atoms with Gasteiger partial charge in [0.05, 0.1) is 29.6 Å². The Hall–Kier alpha value is -3.06. The quantitative estimate of drug-likeness (QED) is 0.593. The van der Waals surface area contributed by atoms with Crippen LogP contribution in [0.4, 0.5) is 4.79 Å². The van der Waals surface area contributed by atoms with Gasteiger partial charge in [-0.2, -0.15) is 5.10 Å². The second kappa shape index (κ2) is 8.36. The van der Waals surface area contributed by atoms with Gasteiger partial charge in [-0.05, 0) is 55.2 Å². The van der Waals surface area contributed by atoms with Crippen LogP contribution in [0.5, 0.6) is 5.75 Å². The molecule has 1 aromatic carbocycles. The van der Waals surface area contributed by atoms with Crippen LogP contribution in [-0.4, -0.2) is 51.1 Å². The molecule has 4 rings (SSSR count). The Labute approximate surface area is 179 Å². The van der Waals surface area contributed by atoms with Gasteiger partial charge in [-0.25, -0.2) is 9.48 Å². The molecule has 0 radical (unpaired) electrons.